The van der Waals surface area contributed by atoms with Crippen LogP contribution in [0.3, 0.4) is 0 Å². The van der Waals surface area contributed by atoms with E-state index in [-0.39, 0.29) is 6.61 Å². The third-order valence-corrected chi connectivity index (χ3v) is 2.49. The molecule has 3 nitrogen and oxygen atoms in total. The van der Waals surface area contributed by atoms with Gasteiger partial charge in [-0.1, -0.05) is 12.1 Å². The van der Waals surface area contributed by atoms with Crippen LogP contribution in [0.15, 0.2) is 48.8 Å². The minimum Gasteiger partial charge on any atom is -0.493 e. The van der Waals surface area contributed by atoms with E-state index in [1.165, 1.54) is 5.56 Å². The highest BCUT2D eigenvalue weighted by Crippen LogP contribution is 2.13. The Morgan fingerprint density at radius 3 is 2.65 bits per heavy atom. The Morgan fingerprint density at radius 1 is 1.06 bits per heavy atom. The molecule has 0 saturated carbocycles. The van der Waals surface area contributed by atoms with Crippen LogP contribution >= 0.6 is 0 Å². The number of pyridine rings is 1. The zero-order valence-electron chi connectivity index (χ0n) is 9.54. The Morgan fingerprint density at radius 2 is 1.88 bits per heavy atom. The Hall–Kier alpha value is -1.87. The van der Waals surface area contributed by atoms with Crippen molar-refractivity contribution in [2.24, 2.45) is 0 Å². The standard InChI is InChI=1S/C14H15NO2/c16-11-13-2-1-3-14(10-13)17-9-6-12-4-7-15-8-5-12/h1-5,7-8,10,16H,6,9,11H2. The van der Waals surface area contributed by atoms with E-state index in [0.29, 0.717) is 6.61 Å². The quantitative estimate of drug-likeness (QED) is 0.854. The summed E-state index contributed by atoms with van der Waals surface area (Å²) < 4.78 is 5.62. The zero-order chi connectivity index (χ0) is 11.9. The highest BCUT2D eigenvalue weighted by molar-refractivity contribution is 5.28. The molecule has 1 N–H and O–H groups in total. The van der Waals surface area contributed by atoms with Gasteiger partial charge in [0.2, 0.25) is 0 Å². The van der Waals surface area contributed by atoms with E-state index in [1.54, 1.807) is 12.4 Å². The monoisotopic (exact) mass is 229 g/mol. The maximum atomic E-state index is 9.00. The van der Waals surface area contributed by atoms with E-state index in [9.17, 15) is 0 Å². The Bertz CT molecular complexity index is 457. The highest BCUT2D eigenvalue weighted by Gasteiger charge is 1.97. The predicted molar refractivity (Wildman–Crippen MR) is 65.8 cm³/mol. The Balaban J connectivity index is 1.86. The highest BCUT2D eigenvalue weighted by atomic mass is 16.5. The number of aliphatic hydroxyl groups is 1. The van der Waals surface area contributed by atoms with Crippen molar-refractivity contribution in [3.63, 3.8) is 0 Å². The summed E-state index contributed by atoms with van der Waals surface area (Å²) in [6, 6.07) is 11.5. The molecule has 17 heavy (non-hydrogen) atoms. The number of nitrogens with zero attached hydrogens (tertiary/aromatic N) is 1. The van der Waals surface area contributed by atoms with Crippen molar-refractivity contribution in [2.75, 3.05) is 6.61 Å². The topological polar surface area (TPSA) is 42.4 Å². The van der Waals surface area contributed by atoms with E-state index in [1.807, 2.05) is 36.4 Å². The fraction of sp³-hybridized carbons (Fsp3) is 0.214. The van der Waals surface area contributed by atoms with Gasteiger partial charge in [0, 0.05) is 18.8 Å². The molecule has 2 aromatic rings. The van der Waals surface area contributed by atoms with Crippen LogP contribution in [0.25, 0.3) is 0 Å². The second-order valence-corrected chi connectivity index (χ2v) is 3.76. The first-order chi connectivity index (χ1) is 8.38. The first kappa shape index (κ1) is 11.6. The van der Waals surface area contributed by atoms with Gasteiger partial charge in [-0.2, -0.15) is 0 Å². The smallest absolute Gasteiger partial charge is 0.119 e. The van der Waals surface area contributed by atoms with Gasteiger partial charge in [0.05, 0.1) is 13.2 Å². The molecule has 0 atom stereocenters. The number of aromatic nitrogens is 1. The van der Waals surface area contributed by atoms with E-state index < -0.39 is 0 Å². The van der Waals surface area contributed by atoms with Crippen molar-refractivity contribution in [1.29, 1.82) is 0 Å². The molecular weight excluding hydrogens is 214 g/mol. The molecule has 0 saturated heterocycles. The average Bonchev–Trinajstić information content (AvgIpc) is 2.40. The summed E-state index contributed by atoms with van der Waals surface area (Å²) in [4.78, 5) is 3.97. The molecule has 2 rings (SSSR count). The molecule has 0 amide bonds. The molecule has 1 aromatic heterocycles. The molecule has 3 heteroatoms. The van der Waals surface area contributed by atoms with E-state index in [2.05, 4.69) is 4.98 Å². The number of hydrogen-bond acceptors (Lipinski definition) is 3. The lowest BCUT2D eigenvalue weighted by atomic mass is 10.2. The Kier molecular flexibility index (Phi) is 4.11. The molecule has 1 aromatic carbocycles. The molecule has 0 spiro atoms. The molecule has 0 aliphatic carbocycles. The SMILES string of the molecule is OCc1cccc(OCCc2ccncc2)c1. The molecular formula is C14H15NO2. The lowest BCUT2D eigenvalue weighted by molar-refractivity contribution is 0.279. The van der Waals surface area contributed by atoms with Crippen molar-refractivity contribution in [3.05, 3.63) is 59.9 Å². The number of rotatable bonds is 5. The molecule has 0 fully saturated rings. The summed E-state index contributed by atoms with van der Waals surface area (Å²) in [5, 5.41) is 9.00. The minimum atomic E-state index is 0.0432. The van der Waals surface area contributed by atoms with E-state index in [0.717, 1.165) is 17.7 Å². The van der Waals surface area contributed by atoms with Gasteiger partial charge in [-0.05, 0) is 35.4 Å². The predicted octanol–water partition coefficient (Wildman–Crippen LogP) is 2.20. The second-order valence-electron chi connectivity index (χ2n) is 3.76. The maximum Gasteiger partial charge on any atom is 0.119 e. The molecule has 0 aliphatic rings. The first-order valence-electron chi connectivity index (χ1n) is 5.60. The van der Waals surface area contributed by atoms with Crippen LogP contribution < -0.4 is 4.74 Å². The lowest BCUT2D eigenvalue weighted by Gasteiger charge is -2.07. The summed E-state index contributed by atoms with van der Waals surface area (Å²) >= 11 is 0. The van der Waals surface area contributed by atoms with E-state index in [4.69, 9.17) is 9.84 Å². The van der Waals surface area contributed by atoms with Gasteiger partial charge in [0.15, 0.2) is 0 Å². The lowest BCUT2D eigenvalue weighted by Crippen LogP contribution is -2.01. The zero-order valence-corrected chi connectivity index (χ0v) is 9.54. The summed E-state index contributed by atoms with van der Waals surface area (Å²) in [5.41, 5.74) is 2.07. The van der Waals surface area contributed by atoms with Crippen molar-refractivity contribution in [3.8, 4) is 5.75 Å². The van der Waals surface area contributed by atoms with Crippen molar-refractivity contribution in [2.45, 2.75) is 13.0 Å². The van der Waals surface area contributed by atoms with Crippen LogP contribution in [0.1, 0.15) is 11.1 Å². The van der Waals surface area contributed by atoms with Gasteiger partial charge < -0.3 is 9.84 Å². The number of hydrogen-bond donors (Lipinski definition) is 1. The summed E-state index contributed by atoms with van der Waals surface area (Å²) in [7, 11) is 0. The molecule has 1 heterocycles. The van der Waals surface area contributed by atoms with Crippen LogP contribution in [-0.2, 0) is 13.0 Å². The number of ether oxygens (including phenoxy) is 1. The van der Waals surface area contributed by atoms with Gasteiger partial charge in [-0.3, -0.25) is 4.98 Å². The van der Waals surface area contributed by atoms with E-state index >= 15 is 0 Å². The van der Waals surface area contributed by atoms with Crippen LogP contribution in [0, 0.1) is 0 Å². The van der Waals surface area contributed by atoms with Crippen LogP contribution in [-0.4, -0.2) is 16.7 Å². The third kappa shape index (κ3) is 3.57. The first-order valence-corrected chi connectivity index (χ1v) is 5.60. The van der Waals surface area contributed by atoms with Gasteiger partial charge >= 0.3 is 0 Å². The van der Waals surface area contributed by atoms with Crippen molar-refractivity contribution < 1.29 is 9.84 Å². The number of benzene rings is 1. The molecule has 0 bridgehead atoms. The van der Waals surface area contributed by atoms with Gasteiger partial charge in [0.1, 0.15) is 5.75 Å². The maximum absolute atomic E-state index is 9.00. The normalized spacial score (nSPS) is 10.2. The summed E-state index contributed by atoms with van der Waals surface area (Å²) in [6.07, 6.45) is 4.41. The average molecular weight is 229 g/mol. The van der Waals surface area contributed by atoms with Crippen LogP contribution in [0.5, 0.6) is 5.75 Å². The molecule has 0 aliphatic heterocycles. The largest absolute Gasteiger partial charge is 0.493 e. The second kappa shape index (κ2) is 6.01. The fourth-order valence-electron chi connectivity index (χ4n) is 1.57. The molecule has 88 valence electrons. The number of aliphatic hydroxyl groups excluding tert-OH is 1. The third-order valence-electron chi connectivity index (χ3n) is 2.49. The van der Waals surface area contributed by atoms with Crippen LogP contribution in [0.2, 0.25) is 0 Å². The fourth-order valence-corrected chi connectivity index (χ4v) is 1.57. The van der Waals surface area contributed by atoms with Crippen molar-refractivity contribution >= 4 is 0 Å². The van der Waals surface area contributed by atoms with Gasteiger partial charge in [0.25, 0.3) is 0 Å². The molecule has 0 radical (unpaired) electrons. The minimum absolute atomic E-state index is 0.0432. The summed E-state index contributed by atoms with van der Waals surface area (Å²) in [6.45, 7) is 0.667. The van der Waals surface area contributed by atoms with Crippen LogP contribution in [0.4, 0.5) is 0 Å². The molecule has 0 unspecified atom stereocenters. The summed E-state index contributed by atoms with van der Waals surface area (Å²) in [5.74, 6) is 0.797. The van der Waals surface area contributed by atoms with Gasteiger partial charge in [-0.15, -0.1) is 0 Å². The Labute approximate surface area is 101 Å². The van der Waals surface area contributed by atoms with Crippen molar-refractivity contribution in [1.82, 2.24) is 4.98 Å². The van der Waals surface area contributed by atoms with Gasteiger partial charge in [-0.25, -0.2) is 0 Å².